The number of benzene rings is 1. The molecule has 11 amide bonds. The van der Waals surface area contributed by atoms with Gasteiger partial charge in [-0.25, -0.2) is 0 Å². The fraction of sp³-hybridized carbons (Fsp3) is 0.559. The van der Waals surface area contributed by atoms with Crippen molar-refractivity contribution >= 4 is 70.9 Å². The normalized spacial score (nSPS) is 18.3. The molecule has 0 aromatic heterocycles. The summed E-state index contributed by atoms with van der Waals surface area (Å²) in [4.78, 5) is 149. The minimum absolute atomic E-state index is 0.0223. The van der Waals surface area contributed by atoms with Crippen molar-refractivity contribution < 1.29 is 63.0 Å². The Hall–Kier alpha value is -8.82. The Morgan fingerprint density at radius 3 is 1.93 bits per heavy atom. The van der Waals surface area contributed by atoms with E-state index in [2.05, 4.69) is 70.4 Å². The Bertz CT molecular complexity index is 2740. The van der Waals surface area contributed by atoms with E-state index >= 15 is 0 Å². The van der Waals surface area contributed by atoms with Gasteiger partial charge in [0.2, 0.25) is 65.0 Å². The summed E-state index contributed by atoms with van der Waals surface area (Å²) in [5.41, 5.74) is 11.2. The number of phenolic OH excluding ortho intramolecular Hbond substituents is 1. The van der Waals surface area contributed by atoms with E-state index < -0.39 is 132 Å². The molecule has 2 aliphatic carbocycles. The Morgan fingerprint density at radius 2 is 1.32 bits per heavy atom. The smallest absolute Gasteiger partial charge is 0.245 e. The summed E-state index contributed by atoms with van der Waals surface area (Å²) >= 11 is 0. The Kier molecular flexibility index (Phi) is 28.4. The van der Waals surface area contributed by atoms with Gasteiger partial charge in [-0.3, -0.25) is 58.1 Å². The lowest BCUT2D eigenvalue weighted by Crippen LogP contribution is -2.64. The molecule has 0 radical (unpaired) electrons. The van der Waals surface area contributed by atoms with E-state index in [1.54, 1.807) is 25.4 Å². The van der Waals surface area contributed by atoms with Crippen LogP contribution >= 0.6 is 0 Å². The SMILES string of the molecule is C=C1/C=C\C=C/CN/C=C\1C[C@H](NC(=O)[C@H](CCCNC(=N)NC)NC(=O)[C@H](CC1CC1)NC(=O)CNC(=O)[C@H](CC1CCCCC1)NC(=O)[C@@H](NC(=O)[C@H](CC(N)=O)NC(=O)C(C)(C)NC(=O)[C@@H](Cc1ccc(O)cc1)NC(C)=O)[C@@H](C)O)C(N)=O. The maximum atomic E-state index is 14.2. The number of carbonyl (C=O) groups is 11. The van der Waals surface area contributed by atoms with Crippen molar-refractivity contribution in [2.45, 2.75) is 172 Å². The first-order chi connectivity index (χ1) is 41.1. The maximum Gasteiger partial charge on any atom is 0.245 e. The van der Waals surface area contributed by atoms with E-state index in [1.165, 1.54) is 52.0 Å². The topological polar surface area (TPSA) is 448 Å². The minimum atomic E-state index is -1.81. The predicted octanol–water partition coefficient (Wildman–Crippen LogP) is -2.06. The van der Waals surface area contributed by atoms with E-state index in [0.29, 0.717) is 36.1 Å². The van der Waals surface area contributed by atoms with Gasteiger partial charge in [-0.05, 0) is 87.1 Å². The number of aromatic hydroxyl groups is 1. The van der Waals surface area contributed by atoms with Crippen LogP contribution in [0, 0.1) is 17.2 Å². The lowest BCUT2D eigenvalue weighted by Gasteiger charge is -2.31. The second kappa shape index (κ2) is 35.0. The van der Waals surface area contributed by atoms with Crippen LogP contribution in [0.4, 0.5) is 0 Å². The number of amides is 11. The number of primary amides is 2. The molecule has 8 atom stereocenters. The van der Waals surface area contributed by atoms with Gasteiger partial charge in [0, 0.05) is 46.1 Å². The largest absolute Gasteiger partial charge is 0.508 e. The highest BCUT2D eigenvalue weighted by molar-refractivity contribution is 6.00. The van der Waals surface area contributed by atoms with Crippen molar-refractivity contribution in [1.82, 2.24) is 63.8 Å². The van der Waals surface area contributed by atoms with Crippen LogP contribution in [0.15, 0.2) is 72.5 Å². The molecule has 87 heavy (non-hydrogen) atoms. The first-order valence-electron chi connectivity index (χ1n) is 29.3. The number of nitrogens with two attached hydrogens (primary N) is 2. The number of hydrogen-bond acceptors (Lipinski definition) is 15. The zero-order chi connectivity index (χ0) is 64.4. The average Bonchev–Trinajstić information content (AvgIpc) is 2.72. The summed E-state index contributed by atoms with van der Waals surface area (Å²) in [6.07, 6.45) is 12.6. The van der Waals surface area contributed by atoms with Crippen molar-refractivity contribution in [2.75, 3.05) is 26.7 Å². The van der Waals surface area contributed by atoms with Crippen molar-refractivity contribution in [3.05, 3.63) is 78.1 Å². The highest BCUT2D eigenvalue weighted by atomic mass is 16.3. The van der Waals surface area contributed by atoms with Crippen LogP contribution < -0.4 is 75.3 Å². The lowest BCUT2D eigenvalue weighted by molar-refractivity contribution is -0.138. The van der Waals surface area contributed by atoms with Gasteiger partial charge < -0.3 is 85.5 Å². The molecule has 0 unspecified atom stereocenters. The predicted molar refractivity (Wildman–Crippen MR) is 322 cm³/mol. The molecule has 2 saturated carbocycles. The van der Waals surface area contributed by atoms with Gasteiger partial charge >= 0.3 is 0 Å². The third kappa shape index (κ3) is 25.3. The standard InChI is InChI=1S/C59H89N15O13/c1-33-14-9-8-12-24-64-31-39(33)29-42(50(61)80)70-52(82)41(17-13-25-65-58(62)63-6)69-53(83)44(27-37-18-19-37)68-48(79)32-66-51(81)43(26-36-15-10-7-11-16-36)71-56(86)49(34(2)75)73-54(84)46(30-47(60)78)72-57(87)59(4,5)74-55(85)45(67-35(3)76)28-38-20-22-40(77)23-21-38/h8-9,12,14,20-23,31,34,36-37,41-46,49,64,75,77H,1,7,10-11,13,15-19,24-30,32H2,2-6H3,(H2,60,78)(H2,61,80)(H,66,81)(H,67,76)(H,68,79)(H,69,83)(H,70,82)(H,71,86)(H,72,87)(H,73,84)(H,74,85)(H3,62,63,65)/b12-8-,14-9-,39-31-/t34-,41+,42+,43+,44+,45-,46+,49+/m1/s1. The molecular weight excluding hydrogens is 1130 g/mol. The van der Waals surface area contributed by atoms with Gasteiger partial charge in [-0.1, -0.05) is 88.0 Å². The number of phenols is 1. The second-order valence-corrected chi connectivity index (χ2v) is 22.8. The lowest BCUT2D eigenvalue weighted by atomic mass is 9.84. The molecule has 1 aromatic rings. The molecule has 2 fully saturated rings. The molecule has 1 aromatic carbocycles. The fourth-order valence-electron chi connectivity index (χ4n) is 9.71. The summed E-state index contributed by atoms with van der Waals surface area (Å²) in [6.45, 7) is 9.06. The Labute approximate surface area is 506 Å². The second-order valence-electron chi connectivity index (χ2n) is 22.8. The molecule has 28 heteroatoms. The molecule has 0 spiro atoms. The molecule has 478 valence electrons. The first kappa shape index (κ1) is 70.7. The van der Waals surface area contributed by atoms with Crippen LogP contribution in [0.3, 0.4) is 0 Å². The van der Waals surface area contributed by atoms with Crippen molar-refractivity contribution in [1.29, 1.82) is 5.41 Å². The molecule has 28 nitrogen and oxygen atoms in total. The third-order valence-corrected chi connectivity index (χ3v) is 14.8. The number of rotatable bonds is 33. The molecule has 0 bridgehead atoms. The number of aliphatic hydroxyl groups excluding tert-OH is 1. The van der Waals surface area contributed by atoms with E-state index in [9.17, 15) is 63.0 Å². The van der Waals surface area contributed by atoms with Crippen molar-refractivity contribution in [2.24, 2.45) is 23.3 Å². The van der Waals surface area contributed by atoms with Gasteiger partial charge in [0.25, 0.3) is 0 Å². The van der Waals surface area contributed by atoms with Crippen molar-refractivity contribution in [3.8, 4) is 5.75 Å². The van der Waals surface area contributed by atoms with E-state index in [-0.39, 0.29) is 68.6 Å². The van der Waals surface area contributed by atoms with Crippen LogP contribution in [-0.2, 0) is 59.2 Å². The summed E-state index contributed by atoms with van der Waals surface area (Å²) in [5.74, 6) is -9.50. The average molecular weight is 1220 g/mol. The van der Waals surface area contributed by atoms with Crippen LogP contribution in [-0.4, -0.2) is 162 Å². The summed E-state index contributed by atoms with van der Waals surface area (Å²) in [5, 5.41) is 60.1. The van der Waals surface area contributed by atoms with E-state index in [4.69, 9.17) is 16.9 Å². The summed E-state index contributed by atoms with van der Waals surface area (Å²) in [7, 11) is 1.55. The van der Waals surface area contributed by atoms with Crippen LogP contribution in [0.25, 0.3) is 0 Å². The Morgan fingerprint density at radius 1 is 0.713 bits per heavy atom. The quantitative estimate of drug-likeness (QED) is 0.0204. The molecule has 19 N–H and O–H groups in total. The highest BCUT2D eigenvalue weighted by Crippen LogP contribution is 2.34. The monoisotopic (exact) mass is 1220 g/mol. The van der Waals surface area contributed by atoms with Crippen LogP contribution in [0.1, 0.15) is 117 Å². The van der Waals surface area contributed by atoms with Crippen LogP contribution in [0.2, 0.25) is 0 Å². The third-order valence-electron chi connectivity index (χ3n) is 14.8. The van der Waals surface area contributed by atoms with Gasteiger partial charge in [0.15, 0.2) is 5.96 Å². The maximum absolute atomic E-state index is 14.2. The fourth-order valence-corrected chi connectivity index (χ4v) is 9.71. The highest BCUT2D eigenvalue weighted by Gasteiger charge is 2.39. The number of nitrogens with one attached hydrogen (secondary N) is 13. The number of allylic oxidation sites excluding steroid dienone is 4. The molecule has 0 saturated heterocycles. The van der Waals surface area contributed by atoms with E-state index in [0.717, 1.165) is 32.1 Å². The molecule has 4 rings (SSSR count). The van der Waals surface area contributed by atoms with Crippen LogP contribution in [0.5, 0.6) is 5.75 Å². The number of aliphatic hydroxyl groups is 1. The summed E-state index contributed by atoms with van der Waals surface area (Å²) in [6, 6.07) is -3.88. The van der Waals surface area contributed by atoms with Crippen molar-refractivity contribution in [3.63, 3.8) is 0 Å². The Balaban J connectivity index is 1.47. The number of hydrogen-bond donors (Lipinski definition) is 17. The molecule has 1 heterocycles. The zero-order valence-corrected chi connectivity index (χ0v) is 50.2. The first-order valence-corrected chi connectivity index (χ1v) is 29.3. The van der Waals surface area contributed by atoms with Gasteiger partial charge in [0.05, 0.1) is 19.1 Å². The zero-order valence-electron chi connectivity index (χ0n) is 50.2. The molecular formula is C59H89N15O13. The van der Waals surface area contributed by atoms with Gasteiger partial charge in [-0.2, -0.15) is 0 Å². The minimum Gasteiger partial charge on any atom is -0.508 e. The number of guanidine groups is 1. The number of carbonyl (C=O) groups excluding carboxylic acids is 11. The van der Waals surface area contributed by atoms with Gasteiger partial charge in [0.1, 0.15) is 53.6 Å². The summed E-state index contributed by atoms with van der Waals surface area (Å²) < 4.78 is 0. The van der Waals surface area contributed by atoms with E-state index in [1.807, 2.05) is 12.2 Å². The van der Waals surface area contributed by atoms with Gasteiger partial charge in [-0.15, -0.1) is 0 Å². The molecule has 1 aliphatic heterocycles. The molecule has 3 aliphatic rings.